The van der Waals surface area contributed by atoms with Crippen LogP contribution in [0.1, 0.15) is 22.3 Å². The Labute approximate surface area is 175 Å². The van der Waals surface area contributed by atoms with Gasteiger partial charge in [0.2, 0.25) is 0 Å². The predicted molar refractivity (Wildman–Crippen MR) is 120 cm³/mol. The van der Waals surface area contributed by atoms with E-state index >= 15 is 0 Å². The second kappa shape index (κ2) is 7.12. The average Bonchev–Trinajstić information content (AvgIpc) is 3.08. The van der Waals surface area contributed by atoms with Gasteiger partial charge in [0.05, 0.1) is 5.69 Å². The lowest BCUT2D eigenvalue weighted by atomic mass is 9.75. The van der Waals surface area contributed by atoms with E-state index in [0.29, 0.717) is 5.56 Å². The van der Waals surface area contributed by atoms with Gasteiger partial charge in [-0.05, 0) is 22.8 Å². The second-order valence-electron chi connectivity index (χ2n) is 7.34. The SMILES string of the molecule is N=C1C(=O)N(C(c2ccccc2)(c2ccccc2)c2ccccc2)c2ccccc21. The summed E-state index contributed by atoms with van der Waals surface area (Å²) in [7, 11) is 0. The summed E-state index contributed by atoms with van der Waals surface area (Å²) in [5.74, 6) is -0.298. The molecule has 4 aromatic rings. The molecule has 0 fully saturated rings. The van der Waals surface area contributed by atoms with E-state index < -0.39 is 5.54 Å². The molecule has 0 aliphatic carbocycles. The van der Waals surface area contributed by atoms with Gasteiger partial charge in [-0.2, -0.15) is 0 Å². The van der Waals surface area contributed by atoms with Gasteiger partial charge in [0, 0.05) is 5.56 Å². The number of anilines is 1. The lowest BCUT2D eigenvalue weighted by Gasteiger charge is -2.43. The maximum atomic E-state index is 13.6. The molecule has 0 aromatic heterocycles. The van der Waals surface area contributed by atoms with E-state index in [0.717, 1.165) is 22.4 Å². The molecule has 4 aromatic carbocycles. The van der Waals surface area contributed by atoms with E-state index in [4.69, 9.17) is 5.41 Å². The van der Waals surface area contributed by atoms with Crippen molar-refractivity contribution < 1.29 is 4.79 Å². The minimum absolute atomic E-state index is 0.0257. The van der Waals surface area contributed by atoms with Gasteiger partial charge in [0.25, 0.3) is 5.91 Å². The van der Waals surface area contributed by atoms with Crippen molar-refractivity contribution in [1.29, 1.82) is 5.41 Å². The fraction of sp³-hybridized carbons (Fsp3) is 0.0370. The largest absolute Gasteiger partial charge is 0.295 e. The summed E-state index contributed by atoms with van der Waals surface area (Å²) in [5.41, 5.74) is 3.46. The first kappa shape index (κ1) is 18.1. The molecule has 3 heteroatoms. The van der Waals surface area contributed by atoms with Crippen LogP contribution in [0.4, 0.5) is 5.69 Å². The number of fused-ring (bicyclic) bond motifs is 1. The van der Waals surface area contributed by atoms with Crippen LogP contribution in [0.3, 0.4) is 0 Å². The fourth-order valence-corrected chi connectivity index (χ4v) is 4.47. The van der Waals surface area contributed by atoms with Gasteiger partial charge in [-0.25, -0.2) is 0 Å². The van der Waals surface area contributed by atoms with Crippen LogP contribution in [0.2, 0.25) is 0 Å². The molecule has 1 aliphatic heterocycles. The van der Waals surface area contributed by atoms with Crippen molar-refractivity contribution in [1.82, 2.24) is 0 Å². The summed E-state index contributed by atoms with van der Waals surface area (Å²) in [6.07, 6.45) is 0. The van der Waals surface area contributed by atoms with Crippen molar-refractivity contribution in [3.63, 3.8) is 0 Å². The van der Waals surface area contributed by atoms with Crippen LogP contribution in [0.15, 0.2) is 115 Å². The van der Waals surface area contributed by atoms with Gasteiger partial charge in [-0.1, -0.05) is 109 Å². The number of para-hydroxylation sites is 1. The molecule has 0 atom stereocenters. The molecule has 5 rings (SSSR count). The van der Waals surface area contributed by atoms with Crippen LogP contribution in [0.25, 0.3) is 0 Å². The van der Waals surface area contributed by atoms with Crippen molar-refractivity contribution in [3.8, 4) is 0 Å². The van der Waals surface area contributed by atoms with Crippen LogP contribution >= 0.6 is 0 Å². The number of hydrogen-bond acceptors (Lipinski definition) is 2. The van der Waals surface area contributed by atoms with Crippen molar-refractivity contribution >= 4 is 17.3 Å². The lowest BCUT2D eigenvalue weighted by molar-refractivity contribution is -0.113. The van der Waals surface area contributed by atoms with Gasteiger partial charge < -0.3 is 0 Å². The Morgan fingerprint density at radius 1 is 0.567 bits per heavy atom. The third-order valence-electron chi connectivity index (χ3n) is 5.74. The number of hydrogen-bond donors (Lipinski definition) is 1. The number of rotatable bonds is 4. The van der Waals surface area contributed by atoms with E-state index in [1.807, 2.05) is 78.9 Å². The number of benzene rings is 4. The van der Waals surface area contributed by atoms with E-state index in [-0.39, 0.29) is 11.6 Å². The Kier molecular flexibility index (Phi) is 4.29. The van der Waals surface area contributed by atoms with E-state index in [1.54, 1.807) is 4.90 Å². The molecule has 1 amide bonds. The summed E-state index contributed by atoms with van der Waals surface area (Å²) in [6, 6.07) is 37.8. The molecule has 0 bridgehead atoms. The topological polar surface area (TPSA) is 44.2 Å². The van der Waals surface area contributed by atoms with Crippen molar-refractivity contribution in [2.75, 3.05) is 4.90 Å². The molecule has 1 N–H and O–H groups in total. The number of carbonyl (C=O) groups excluding carboxylic acids is 1. The number of nitrogens with zero attached hydrogens (tertiary/aromatic N) is 1. The Morgan fingerprint density at radius 3 is 1.43 bits per heavy atom. The molecule has 30 heavy (non-hydrogen) atoms. The molecule has 144 valence electrons. The molecule has 0 radical (unpaired) electrons. The maximum Gasteiger partial charge on any atom is 0.278 e. The highest BCUT2D eigenvalue weighted by Gasteiger charge is 2.50. The van der Waals surface area contributed by atoms with Crippen LogP contribution in [-0.2, 0) is 10.3 Å². The zero-order chi connectivity index (χ0) is 20.6. The molecule has 0 saturated heterocycles. The Bertz CT molecular complexity index is 1120. The molecule has 0 saturated carbocycles. The minimum Gasteiger partial charge on any atom is -0.295 e. The first-order valence-electron chi connectivity index (χ1n) is 9.93. The van der Waals surface area contributed by atoms with Crippen LogP contribution in [-0.4, -0.2) is 11.6 Å². The Morgan fingerprint density at radius 2 is 0.967 bits per heavy atom. The van der Waals surface area contributed by atoms with Crippen LogP contribution in [0.5, 0.6) is 0 Å². The van der Waals surface area contributed by atoms with Crippen LogP contribution < -0.4 is 4.90 Å². The summed E-state index contributed by atoms with van der Waals surface area (Å²) in [4.78, 5) is 15.4. The zero-order valence-corrected chi connectivity index (χ0v) is 16.3. The highest BCUT2D eigenvalue weighted by atomic mass is 16.2. The lowest BCUT2D eigenvalue weighted by Crippen LogP contribution is -2.51. The highest BCUT2D eigenvalue weighted by Crippen LogP contribution is 2.47. The van der Waals surface area contributed by atoms with Crippen molar-refractivity contribution in [2.45, 2.75) is 5.54 Å². The summed E-state index contributed by atoms with van der Waals surface area (Å²) in [5, 5.41) is 8.54. The molecule has 0 unspecified atom stereocenters. The van der Waals surface area contributed by atoms with Gasteiger partial charge in [-0.3, -0.25) is 15.1 Å². The quantitative estimate of drug-likeness (QED) is 0.468. The normalized spacial score (nSPS) is 13.4. The molecule has 1 heterocycles. The summed E-state index contributed by atoms with van der Waals surface area (Å²) < 4.78 is 0. The third-order valence-corrected chi connectivity index (χ3v) is 5.74. The van der Waals surface area contributed by atoms with Crippen molar-refractivity contribution in [2.24, 2.45) is 0 Å². The maximum absolute atomic E-state index is 13.6. The first-order valence-corrected chi connectivity index (χ1v) is 9.93. The standard InChI is InChI=1S/C27H20N2O/c28-25-23-18-10-11-19-24(23)29(26(25)30)27(20-12-4-1-5-13-20,21-14-6-2-7-15-21)22-16-8-3-9-17-22/h1-19,28H. The third kappa shape index (κ3) is 2.52. The van der Waals surface area contributed by atoms with E-state index in [9.17, 15) is 4.79 Å². The summed E-state index contributed by atoms with van der Waals surface area (Å²) >= 11 is 0. The molecular formula is C27H20N2O. The van der Waals surface area contributed by atoms with E-state index in [2.05, 4.69) is 36.4 Å². The van der Waals surface area contributed by atoms with Gasteiger partial charge in [0.15, 0.2) is 0 Å². The van der Waals surface area contributed by atoms with Gasteiger partial charge in [-0.15, -0.1) is 0 Å². The first-order chi connectivity index (χ1) is 14.7. The molecule has 0 spiro atoms. The van der Waals surface area contributed by atoms with E-state index in [1.165, 1.54) is 0 Å². The Balaban J connectivity index is 1.93. The number of carbonyl (C=O) groups is 1. The molecule has 1 aliphatic rings. The van der Waals surface area contributed by atoms with Crippen molar-refractivity contribution in [3.05, 3.63) is 138 Å². The number of nitrogens with one attached hydrogen (secondary N) is 1. The van der Waals surface area contributed by atoms with Gasteiger partial charge >= 0.3 is 0 Å². The molecular weight excluding hydrogens is 368 g/mol. The average molecular weight is 388 g/mol. The number of amides is 1. The Hall–Kier alpha value is -3.98. The molecule has 3 nitrogen and oxygen atoms in total. The van der Waals surface area contributed by atoms with Crippen LogP contribution in [0, 0.1) is 5.41 Å². The smallest absolute Gasteiger partial charge is 0.278 e. The highest BCUT2D eigenvalue weighted by molar-refractivity contribution is 6.53. The zero-order valence-electron chi connectivity index (χ0n) is 16.3. The minimum atomic E-state index is -0.903. The summed E-state index contributed by atoms with van der Waals surface area (Å²) in [6.45, 7) is 0. The second-order valence-corrected chi connectivity index (χ2v) is 7.34. The van der Waals surface area contributed by atoms with Gasteiger partial charge in [0.1, 0.15) is 11.3 Å². The fourth-order valence-electron chi connectivity index (χ4n) is 4.47. The predicted octanol–water partition coefficient (Wildman–Crippen LogP) is 5.39. The monoisotopic (exact) mass is 388 g/mol.